The summed E-state index contributed by atoms with van der Waals surface area (Å²) in [5, 5.41) is 3.67. The summed E-state index contributed by atoms with van der Waals surface area (Å²) in [5.74, 6) is 1.92. The number of hydrogen-bond donors (Lipinski definition) is 2. The van der Waals surface area contributed by atoms with Crippen LogP contribution < -0.4 is 10.1 Å². The minimum absolute atomic E-state index is 0.222. The predicted octanol–water partition coefficient (Wildman–Crippen LogP) is 3.61. The summed E-state index contributed by atoms with van der Waals surface area (Å²) >= 11 is 0. The molecule has 0 saturated heterocycles. The third-order valence-corrected chi connectivity index (χ3v) is 3.58. The molecule has 0 radical (unpaired) electrons. The van der Waals surface area contributed by atoms with Gasteiger partial charge in [-0.05, 0) is 18.9 Å². The van der Waals surface area contributed by atoms with Gasteiger partial charge in [0.1, 0.15) is 11.6 Å². The van der Waals surface area contributed by atoms with Crippen molar-refractivity contribution in [3.8, 4) is 5.75 Å². The van der Waals surface area contributed by atoms with Crippen molar-refractivity contribution in [3.63, 3.8) is 0 Å². The molecule has 1 aromatic heterocycles. The van der Waals surface area contributed by atoms with Gasteiger partial charge >= 0.3 is 0 Å². The van der Waals surface area contributed by atoms with Gasteiger partial charge in [-0.2, -0.15) is 0 Å². The maximum absolute atomic E-state index is 5.47. The Labute approximate surface area is 120 Å². The van der Waals surface area contributed by atoms with E-state index in [0.29, 0.717) is 0 Å². The van der Waals surface area contributed by atoms with Crippen LogP contribution in [0.25, 0.3) is 0 Å². The number of aromatic nitrogens is 2. The van der Waals surface area contributed by atoms with E-state index in [2.05, 4.69) is 41.3 Å². The van der Waals surface area contributed by atoms with Crippen LogP contribution in [0.2, 0.25) is 0 Å². The summed E-state index contributed by atoms with van der Waals surface area (Å²) in [4.78, 5) is 7.55. The van der Waals surface area contributed by atoms with Crippen molar-refractivity contribution in [1.82, 2.24) is 15.3 Å². The van der Waals surface area contributed by atoms with Gasteiger partial charge in [-0.15, -0.1) is 0 Å². The first kappa shape index (κ1) is 14.6. The molecule has 0 bridgehead atoms. The molecule has 2 atom stereocenters. The largest absolute Gasteiger partial charge is 0.496 e. The fourth-order valence-electron chi connectivity index (χ4n) is 2.48. The van der Waals surface area contributed by atoms with Crippen molar-refractivity contribution >= 4 is 0 Å². The quantitative estimate of drug-likeness (QED) is 0.810. The number of H-pyrrole nitrogens is 1. The highest BCUT2D eigenvalue weighted by molar-refractivity contribution is 5.36. The topological polar surface area (TPSA) is 49.9 Å². The van der Waals surface area contributed by atoms with Crippen molar-refractivity contribution in [3.05, 3.63) is 48.0 Å². The van der Waals surface area contributed by atoms with E-state index in [9.17, 15) is 0 Å². The first-order chi connectivity index (χ1) is 9.80. The van der Waals surface area contributed by atoms with Crippen LogP contribution in [0.3, 0.4) is 0 Å². The molecule has 1 heterocycles. The van der Waals surface area contributed by atoms with Crippen LogP contribution in [-0.4, -0.2) is 17.1 Å². The van der Waals surface area contributed by atoms with E-state index < -0.39 is 0 Å². The molecule has 4 heteroatoms. The number of methoxy groups -OCH3 is 1. The highest BCUT2D eigenvalue weighted by Gasteiger charge is 2.19. The van der Waals surface area contributed by atoms with Crippen molar-refractivity contribution in [2.45, 2.75) is 38.8 Å². The Morgan fingerprint density at radius 3 is 2.55 bits per heavy atom. The molecule has 0 aliphatic carbocycles. The average Bonchev–Trinajstić information content (AvgIpc) is 3.03. The zero-order chi connectivity index (χ0) is 14.4. The number of benzene rings is 1. The predicted molar refractivity (Wildman–Crippen MR) is 80.8 cm³/mol. The van der Waals surface area contributed by atoms with E-state index >= 15 is 0 Å². The van der Waals surface area contributed by atoms with Gasteiger partial charge in [0.15, 0.2) is 0 Å². The first-order valence-electron chi connectivity index (χ1n) is 7.18. The second kappa shape index (κ2) is 7.10. The van der Waals surface area contributed by atoms with Crippen LogP contribution in [0.5, 0.6) is 5.75 Å². The zero-order valence-corrected chi connectivity index (χ0v) is 12.4. The molecule has 2 unspecified atom stereocenters. The van der Waals surface area contributed by atoms with Crippen molar-refractivity contribution in [2.75, 3.05) is 7.11 Å². The van der Waals surface area contributed by atoms with Crippen LogP contribution in [0.15, 0.2) is 36.7 Å². The van der Waals surface area contributed by atoms with Gasteiger partial charge in [0.25, 0.3) is 0 Å². The Balaban J connectivity index is 2.19. The number of imidazole rings is 1. The lowest BCUT2D eigenvalue weighted by Gasteiger charge is -2.24. The molecule has 0 fully saturated rings. The van der Waals surface area contributed by atoms with Crippen molar-refractivity contribution < 1.29 is 4.74 Å². The second-order valence-electron chi connectivity index (χ2n) is 4.80. The van der Waals surface area contributed by atoms with E-state index in [0.717, 1.165) is 24.4 Å². The standard InChI is InChI=1S/C16H23N3O/c1-4-13(12-8-6-7-9-15(12)20-3)19-14(5-2)16-17-10-11-18-16/h6-11,13-14,19H,4-5H2,1-3H3,(H,17,18). The number of ether oxygens (including phenoxy) is 1. The minimum Gasteiger partial charge on any atom is -0.496 e. The molecule has 0 amide bonds. The van der Waals surface area contributed by atoms with Crippen molar-refractivity contribution in [1.29, 1.82) is 0 Å². The summed E-state index contributed by atoms with van der Waals surface area (Å²) in [6, 6.07) is 8.65. The van der Waals surface area contributed by atoms with Crippen LogP contribution >= 0.6 is 0 Å². The lowest BCUT2D eigenvalue weighted by Crippen LogP contribution is -2.27. The molecule has 2 aromatic rings. The molecule has 0 aliphatic heterocycles. The molecule has 4 nitrogen and oxygen atoms in total. The number of nitrogens with zero attached hydrogens (tertiary/aromatic N) is 1. The monoisotopic (exact) mass is 273 g/mol. The second-order valence-corrected chi connectivity index (χ2v) is 4.80. The number of nitrogens with one attached hydrogen (secondary N) is 2. The molecular formula is C16H23N3O. The number of aromatic amines is 1. The van der Waals surface area contributed by atoms with Crippen LogP contribution in [-0.2, 0) is 0 Å². The molecule has 20 heavy (non-hydrogen) atoms. The molecule has 108 valence electrons. The number of para-hydroxylation sites is 1. The molecule has 1 aromatic carbocycles. The van der Waals surface area contributed by atoms with E-state index in [1.165, 1.54) is 5.56 Å². The Hall–Kier alpha value is -1.81. The minimum atomic E-state index is 0.222. The van der Waals surface area contributed by atoms with Crippen LogP contribution in [0.4, 0.5) is 0 Å². The average molecular weight is 273 g/mol. The molecule has 2 N–H and O–H groups in total. The van der Waals surface area contributed by atoms with Crippen molar-refractivity contribution in [2.24, 2.45) is 0 Å². The lowest BCUT2D eigenvalue weighted by atomic mass is 10.0. The Kier molecular flexibility index (Phi) is 5.18. The zero-order valence-electron chi connectivity index (χ0n) is 12.4. The molecular weight excluding hydrogens is 250 g/mol. The lowest BCUT2D eigenvalue weighted by molar-refractivity contribution is 0.376. The van der Waals surface area contributed by atoms with E-state index in [1.807, 2.05) is 18.3 Å². The highest BCUT2D eigenvalue weighted by Crippen LogP contribution is 2.29. The maximum atomic E-state index is 5.47. The maximum Gasteiger partial charge on any atom is 0.123 e. The summed E-state index contributed by atoms with van der Waals surface area (Å²) in [5.41, 5.74) is 1.20. The van der Waals surface area contributed by atoms with Gasteiger partial charge < -0.3 is 15.0 Å². The molecule has 2 rings (SSSR count). The summed E-state index contributed by atoms with van der Waals surface area (Å²) in [6.45, 7) is 4.34. The van der Waals surface area contributed by atoms with Gasteiger partial charge in [-0.25, -0.2) is 4.98 Å². The van der Waals surface area contributed by atoms with E-state index in [-0.39, 0.29) is 12.1 Å². The van der Waals surface area contributed by atoms with Gasteiger partial charge in [0.05, 0.1) is 13.2 Å². The number of rotatable bonds is 7. The first-order valence-corrected chi connectivity index (χ1v) is 7.18. The van der Waals surface area contributed by atoms with Gasteiger partial charge in [-0.3, -0.25) is 0 Å². The normalized spacial score (nSPS) is 13.9. The smallest absolute Gasteiger partial charge is 0.123 e. The van der Waals surface area contributed by atoms with Gasteiger partial charge in [0.2, 0.25) is 0 Å². The summed E-state index contributed by atoms with van der Waals surface area (Å²) < 4.78 is 5.47. The molecule has 0 spiro atoms. The van der Waals surface area contributed by atoms with E-state index in [4.69, 9.17) is 4.74 Å². The van der Waals surface area contributed by atoms with Crippen LogP contribution in [0.1, 0.15) is 50.2 Å². The van der Waals surface area contributed by atoms with Gasteiger partial charge in [0, 0.05) is 24.0 Å². The Morgan fingerprint density at radius 2 is 1.95 bits per heavy atom. The molecule has 0 saturated carbocycles. The third-order valence-electron chi connectivity index (χ3n) is 3.58. The number of hydrogen-bond acceptors (Lipinski definition) is 3. The summed E-state index contributed by atoms with van der Waals surface area (Å²) in [7, 11) is 1.72. The fraction of sp³-hybridized carbons (Fsp3) is 0.438. The highest BCUT2D eigenvalue weighted by atomic mass is 16.5. The Morgan fingerprint density at radius 1 is 1.20 bits per heavy atom. The van der Waals surface area contributed by atoms with Gasteiger partial charge in [-0.1, -0.05) is 32.0 Å². The Bertz CT molecular complexity index is 510. The SMILES string of the molecule is CCC(NC(CC)c1ccccc1OC)c1ncc[nH]1. The third kappa shape index (κ3) is 3.20. The fourth-order valence-corrected chi connectivity index (χ4v) is 2.48. The summed E-state index contributed by atoms with van der Waals surface area (Å²) in [6.07, 6.45) is 5.64. The van der Waals surface area contributed by atoms with Crippen LogP contribution in [0, 0.1) is 0 Å². The van der Waals surface area contributed by atoms with E-state index in [1.54, 1.807) is 13.3 Å². The molecule has 0 aliphatic rings.